The number of nitrogens with zero attached hydrogens (tertiary/aromatic N) is 2. The number of ether oxygens (including phenoxy) is 1. The summed E-state index contributed by atoms with van der Waals surface area (Å²) < 4.78 is 5.43. The second kappa shape index (κ2) is 12.2. The minimum absolute atomic E-state index is 0. The van der Waals surface area contributed by atoms with Gasteiger partial charge in [-0.3, -0.25) is 14.7 Å². The average molecular weight is 503 g/mol. The summed E-state index contributed by atoms with van der Waals surface area (Å²) in [6.07, 6.45) is 0. The molecule has 0 aliphatic carbocycles. The first kappa shape index (κ1) is 24.6. The number of nitrogens with one attached hydrogen (secondary N) is 3. The second-order valence-electron chi connectivity index (χ2n) is 7.39. The first-order valence-corrected chi connectivity index (χ1v) is 9.54. The van der Waals surface area contributed by atoms with Gasteiger partial charge in [-0.25, -0.2) is 0 Å². The zero-order valence-corrected chi connectivity index (χ0v) is 19.7. The van der Waals surface area contributed by atoms with Crippen molar-refractivity contribution < 1.29 is 9.53 Å². The number of benzene rings is 1. The highest BCUT2D eigenvalue weighted by molar-refractivity contribution is 14.0. The van der Waals surface area contributed by atoms with Gasteiger partial charge in [0.15, 0.2) is 5.96 Å². The van der Waals surface area contributed by atoms with E-state index in [9.17, 15) is 4.79 Å². The third-order valence-electron chi connectivity index (χ3n) is 4.76. The Balaban J connectivity index is 0.00000392. The molecule has 1 aliphatic rings. The molecule has 0 radical (unpaired) electrons. The van der Waals surface area contributed by atoms with Gasteiger partial charge in [-0.15, -0.1) is 24.0 Å². The van der Waals surface area contributed by atoms with E-state index in [4.69, 9.17) is 4.74 Å². The number of guanidine groups is 1. The molecule has 3 N–H and O–H groups in total. The fourth-order valence-corrected chi connectivity index (χ4v) is 3.05. The van der Waals surface area contributed by atoms with Crippen LogP contribution >= 0.6 is 24.0 Å². The summed E-state index contributed by atoms with van der Waals surface area (Å²) in [4.78, 5) is 18.8. The molecule has 1 aliphatic heterocycles. The van der Waals surface area contributed by atoms with E-state index in [1.54, 1.807) is 7.05 Å². The second-order valence-corrected chi connectivity index (χ2v) is 7.39. The lowest BCUT2D eigenvalue weighted by Gasteiger charge is -2.41. The molecule has 0 bridgehead atoms. The maximum atomic E-state index is 12.1. The predicted molar refractivity (Wildman–Crippen MR) is 125 cm³/mol. The first-order chi connectivity index (χ1) is 12.9. The highest BCUT2D eigenvalue weighted by atomic mass is 127. The van der Waals surface area contributed by atoms with Crippen LogP contribution in [0.2, 0.25) is 0 Å². The van der Waals surface area contributed by atoms with E-state index >= 15 is 0 Å². The number of carbonyl (C=O) groups is 1. The molecule has 28 heavy (non-hydrogen) atoms. The highest BCUT2D eigenvalue weighted by Gasteiger charge is 2.28. The van der Waals surface area contributed by atoms with Crippen molar-refractivity contribution in [1.29, 1.82) is 0 Å². The molecule has 158 valence electrons. The number of aryl methyl sites for hydroxylation is 1. The molecule has 1 heterocycles. The number of carbonyl (C=O) groups excluding carboxylic acids is 1. The molecule has 0 saturated carbocycles. The molecule has 0 atom stereocenters. The van der Waals surface area contributed by atoms with Gasteiger partial charge in [0, 0.05) is 50.9 Å². The Morgan fingerprint density at radius 3 is 2.50 bits per heavy atom. The molecule has 1 aromatic carbocycles. The van der Waals surface area contributed by atoms with Crippen molar-refractivity contribution in [1.82, 2.24) is 20.9 Å². The summed E-state index contributed by atoms with van der Waals surface area (Å²) in [5.41, 5.74) is 1.78. The van der Waals surface area contributed by atoms with Crippen LogP contribution < -0.4 is 16.0 Å². The van der Waals surface area contributed by atoms with Gasteiger partial charge in [0.2, 0.25) is 0 Å². The molecule has 0 aromatic heterocycles. The lowest BCUT2D eigenvalue weighted by atomic mass is 10.0. The summed E-state index contributed by atoms with van der Waals surface area (Å²) in [7, 11) is 1.75. The van der Waals surface area contributed by atoms with E-state index in [1.807, 2.05) is 31.2 Å². The molecule has 1 aromatic rings. The van der Waals surface area contributed by atoms with E-state index in [0.29, 0.717) is 18.7 Å². The Labute approximate surface area is 185 Å². The van der Waals surface area contributed by atoms with Crippen molar-refractivity contribution in [3.05, 3.63) is 35.4 Å². The molecule has 2 rings (SSSR count). The largest absolute Gasteiger partial charge is 0.379 e. The predicted octanol–water partition coefficient (Wildman–Crippen LogP) is 1.62. The third kappa shape index (κ3) is 7.92. The lowest BCUT2D eigenvalue weighted by molar-refractivity contribution is -0.00833. The fourth-order valence-electron chi connectivity index (χ4n) is 3.05. The van der Waals surface area contributed by atoms with E-state index in [0.717, 1.165) is 44.4 Å². The van der Waals surface area contributed by atoms with Gasteiger partial charge in [-0.1, -0.05) is 17.7 Å². The van der Waals surface area contributed by atoms with Crippen LogP contribution in [0.1, 0.15) is 29.8 Å². The summed E-state index contributed by atoms with van der Waals surface area (Å²) in [6.45, 7) is 11.8. The molecule has 0 unspecified atom stereocenters. The molecular formula is C20H34IN5O2. The Hall–Kier alpha value is -1.39. The first-order valence-electron chi connectivity index (χ1n) is 9.54. The quantitative estimate of drug-likeness (QED) is 0.228. The van der Waals surface area contributed by atoms with Gasteiger partial charge in [0.1, 0.15) is 0 Å². The summed E-state index contributed by atoms with van der Waals surface area (Å²) in [5, 5.41) is 9.55. The number of halogens is 1. The van der Waals surface area contributed by atoms with Crippen LogP contribution in [-0.4, -0.2) is 75.3 Å². The number of morpholine rings is 1. The number of hydrogen-bond donors (Lipinski definition) is 3. The minimum atomic E-state index is -0.0584. The van der Waals surface area contributed by atoms with Crippen molar-refractivity contribution in [2.45, 2.75) is 26.3 Å². The number of aliphatic imine (C=N–C) groups is 1. The van der Waals surface area contributed by atoms with Crippen LogP contribution in [0.5, 0.6) is 0 Å². The number of hydrogen-bond acceptors (Lipinski definition) is 4. The molecule has 1 fully saturated rings. The number of amides is 1. The zero-order valence-electron chi connectivity index (χ0n) is 17.4. The summed E-state index contributed by atoms with van der Waals surface area (Å²) >= 11 is 0. The molecule has 8 heteroatoms. The van der Waals surface area contributed by atoms with Crippen LogP contribution in [0.25, 0.3) is 0 Å². The van der Waals surface area contributed by atoms with Crippen molar-refractivity contribution >= 4 is 35.8 Å². The van der Waals surface area contributed by atoms with Gasteiger partial charge in [0.25, 0.3) is 5.91 Å². The normalized spacial score (nSPS) is 15.5. The molecule has 1 saturated heterocycles. The van der Waals surface area contributed by atoms with E-state index < -0.39 is 0 Å². The number of rotatable bonds is 7. The van der Waals surface area contributed by atoms with Crippen molar-refractivity contribution in [2.24, 2.45) is 4.99 Å². The minimum Gasteiger partial charge on any atom is -0.379 e. The SMILES string of the molecule is CN=C(NCCNC(=O)c1cccc(C)c1)NCC(C)(C)N1CCOCC1.I. The smallest absolute Gasteiger partial charge is 0.251 e. The van der Waals surface area contributed by atoms with Crippen molar-refractivity contribution in [3.63, 3.8) is 0 Å². The molecular weight excluding hydrogens is 469 g/mol. The van der Waals surface area contributed by atoms with Crippen LogP contribution in [0, 0.1) is 6.92 Å². The Bertz CT molecular complexity index is 645. The molecule has 1 amide bonds. The Morgan fingerprint density at radius 2 is 1.86 bits per heavy atom. The van der Waals surface area contributed by atoms with Crippen LogP contribution in [0.3, 0.4) is 0 Å². The topological polar surface area (TPSA) is 78.0 Å². The van der Waals surface area contributed by atoms with E-state index in [1.165, 1.54) is 0 Å². The summed E-state index contributed by atoms with van der Waals surface area (Å²) in [5.74, 6) is 0.679. The fraction of sp³-hybridized carbons (Fsp3) is 0.600. The van der Waals surface area contributed by atoms with E-state index in [-0.39, 0.29) is 35.4 Å². The van der Waals surface area contributed by atoms with Crippen LogP contribution in [0.4, 0.5) is 0 Å². The summed E-state index contributed by atoms with van der Waals surface area (Å²) in [6, 6.07) is 7.58. The highest BCUT2D eigenvalue weighted by Crippen LogP contribution is 2.14. The molecule has 0 spiro atoms. The average Bonchev–Trinajstić information content (AvgIpc) is 2.68. The standard InChI is InChI=1S/C20H33N5O2.HI/c1-16-6-5-7-17(14-16)18(26)22-8-9-23-19(21-4)24-15-20(2,3)25-10-12-27-13-11-25;/h5-7,14H,8-13,15H2,1-4H3,(H,22,26)(H2,21,23,24);1H. The molecule has 7 nitrogen and oxygen atoms in total. The van der Waals surface area contributed by atoms with Gasteiger partial charge >= 0.3 is 0 Å². The van der Waals surface area contributed by atoms with Gasteiger partial charge in [-0.05, 0) is 32.9 Å². The van der Waals surface area contributed by atoms with E-state index in [2.05, 4.69) is 39.7 Å². The van der Waals surface area contributed by atoms with Crippen LogP contribution in [0.15, 0.2) is 29.3 Å². The maximum Gasteiger partial charge on any atom is 0.251 e. The van der Waals surface area contributed by atoms with Gasteiger partial charge in [0.05, 0.1) is 13.2 Å². The Morgan fingerprint density at radius 1 is 1.18 bits per heavy atom. The monoisotopic (exact) mass is 503 g/mol. The maximum absolute atomic E-state index is 12.1. The zero-order chi connectivity index (χ0) is 19.7. The van der Waals surface area contributed by atoms with Crippen LogP contribution in [-0.2, 0) is 4.74 Å². The lowest BCUT2D eigenvalue weighted by Crippen LogP contribution is -2.56. The Kier molecular flexibility index (Phi) is 10.8. The van der Waals surface area contributed by atoms with Crippen molar-refractivity contribution in [3.8, 4) is 0 Å². The third-order valence-corrected chi connectivity index (χ3v) is 4.76. The van der Waals surface area contributed by atoms with Crippen molar-refractivity contribution in [2.75, 3.05) is 53.0 Å². The van der Waals surface area contributed by atoms with Gasteiger partial charge in [-0.2, -0.15) is 0 Å². The van der Waals surface area contributed by atoms with Gasteiger partial charge < -0.3 is 20.7 Å².